The first kappa shape index (κ1) is 19.0. The summed E-state index contributed by atoms with van der Waals surface area (Å²) in [4.78, 5) is 27.0. The highest BCUT2D eigenvalue weighted by Gasteiger charge is 2.32. The summed E-state index contributed by atoms with van der Waals surface area (Å²) in [6.45, 7) is 3.01. The Morgan fingerprint density at radius 2 is 2.07 bits per heavy atom. The predicted octanol–water partition coefficient (Wildman–Crippen LogP) is 3.43. The number of nitrogens with two attached hydrogens (primary N) is 1. The quantitative estimate of drug-likeness (QED) is 0.694. The second kappa shape index (κ2) is 7.95. The highest BCUT2D eigenvalue weighted by atomic mass is 16.5. The van der Waals surface area contributed by atoms with E-state index in [0.29, 0.717) is 24.5 Å². The van der Waals surface area contributed by atoms with Crippen molar-refractivity contribution in [2.24, 2.45) is 5.73 Å². The molecule has 2 heterocycles. The van der Waals surface area contributed by atoms with Crippen LogP contribution in [0.15, 0.2) is 42.5 Å². The van der Waals surface area contributed by atoms with Gasteiger partial charge in [0.25, 0.3) is 11.8 Å². The minimum Gasteiger partial charge on any atom is -0.493 e. The van der Waals surface area contributed by atoms with E-state index in [0.717, 1.165) is 35.7 Å². The largest absolute Gasteiger partial charge is 0.493 e. The van der Waals surface area contributed by atoms with Crippen molar-refractivity contribution >= 4 is 22.6 Å². The Morgan fingerprint density at radius 3 is 2.83 bits per heavy atom. The van der Waals surface area contributed by atoms with Crippen LogP contribution in [0.3, 0.4) is 0 Å². The number of aromatic nitrogens is 2. The van der Waals surface area contributed by atoms with Crippen LogP contribution in [-0.4, -0.2) is 40.1 Å². The summed E-state index contributed by atoms with van der Waals surface area (Å²) < 4.78 is 5.80. The maximum atomic E-state index is 13.8. The molecule has 7 nitrogen and oxygen atoms in total. The third kappa shape index (κ3) is 3.55. The van der Waals surface area contributed by atoms with Gasteiger partial charge in [0.2, 0.25) is 0 Å². The lowest BCUT2D eigenvalue weighted by atomic mass is 9.96. The minimum atomic E-state index is -0.589. The highest BCUT2D eigenvalue weighted by molar-refractivity contribution is 6.09. The van der Waals surface area contributed by atoms with Crippen molar-refractivity contribution in [1.82, 2.24) is 15.1 Å². The maximum absolute atomic E-state index is 13.8. The van der Waals surface area contributed by atoms with E-state index in [-0.39, 0.29) is 17.6 Å². The molecule has 1 unspecified atom stereocenters. The first-order chi connectivity index (χ1) is 14.1. The van der Waals surface area contributed by atoms with Gasteiger partial charge in [-0.25, -0.2) is 0 Å². The fourth-order valence-electron chi connectivity index (χ4n) is 4.02. The predicted molar refractivity (Wildman–Crippen MR) is 110 cm³/mol. The van der Waals surface area contributed by atoms with Crippen LogP contribution in [0.5, 0.6) is 5.75 Å². The van der Waals surface area contributed by atoms with Gasteiger partial charge < -0.3 is 15.4 Å². The van der Waals surface area contributed by atoms with E-state index in [2.05, 4.69) is 10.2 Å². The molecular formula is C22H24N4O3. The van der Waals surface area contributed by atoms with Crippen molar-refractivity contribution in [1.29, 1.82) is 0 Å². The van der Waals surface area contributed by atoms with E-state index >= 15 is 0 Å². The zero-order chi connectivity index (χ0) is 20.4. The molecule has 0 bridgehead atoms. The molecule has 1 aliphatic rings. The third-order valence-corrected chi connectivity index (χ3v) is 5.38. The van der Waals surface area contributed by atoms with Gasteiger partial charge in [-0.15, -0.1) is 0 Å². The number of nitrogens with zero attached hydrogens (tertiary/aromatic N) is 2. The van der Waals surface area contributed by atoms with Crippen molar-refractivity contribution in [3.8, 4) is 5.75 Å². The fourth-order valence-corrected chi connectivity index (χ4v) is 4.02. The first-order valence-electron chi connectivity index (χ1n) is 9.90. The number of ether oxygens (including phenoxy) is 1. The number of rotatable bonds is 5. The number of benzene rings is 2. The van der Waals surface area contributed by atoms with Crippen molar-refractivity contribution < 1.29 is 14.3 Å². The van der Waals surface area contributed by atoms with Gasteiger partial charge >= 0.3 is 0 Å². The summed E-state index contributed by atoms with van der Waals surface area (Å²) >= 11 is 0. The number of fused-ring (bicyclic) bond motifs is 1. The van der Waals surface area contributed by atoms with Crippen molar-refractivity contribution in [3.05, 3.63) is 59.4 Å². The molecule has 1 aliphatic heterocycles. The Labute approximate surface area is 168 Å². The second-order valence-electron chi connectivity index (χ2n) is 7.18. The number of carbonyl (C=O) groups is 2. The van der Waals surface area contributed by atoms with Crippen molar-refractivity contribution in [2.45, 2.75) is 32.2 Å². The van der Waals surface area contributed by atoms with Gasteiger partial charge in [0.05, 0.1) is 23.9 Å². The number of primary amides is 1. The number of amides is 2. The number of carbonyl (C=O) groups excluding carboxylic acids is 2. The van der Waals surface area contributed by atoms with Gasteiger partial charge in [-0.05, 0) is 49.1 Å². The molecule has 2 amide bonds. The van der Waals surface area contributed by atoms with Crippen LogP contribution in [0.2, 0.25) is 0 Å². The van der Waals surface area contributed by atoms with E-state index in [4.69, 9.17) is 10.5 Å². The standard InChI is InChI=1S/C22H24N4O3/c1-2-29-19-11-10-14-7-3-4-8-15(14)20(19)22(28)26-12-6-5-9-18(26)16-13-17(21(23)27)25-24-16/h3-4,7-8,10-11,13,18H,2,5-6,9,12H2,1H3,(H2,23,27)(H,24,25). The van der Waals surface area contributed by atoms with Crippen LogP contribution in [0.1, 0.15) is 58.8 Å². The zero-order valence-electron chi connectivity index (χ0n) is 16.4. The number of hydrogen-bond acceptors (Lipinski definition) is 4. The number of likely N-dealkylation sites (tertiary alicyclic amines) is 1. The van der Waals surface area contributed by atoms with Gasteiger partial charge in [0, 0.05) is 6.54 Å². The number of piperidine rings is 1. The Bertz CT molecular complexity index is 1060. The molecule has 3 aromatic rings. The molecule has 150 valence electrons. The van der Waals surface area contributed by atoms with Crippen LogP contribution in [0, 0.1) is 0 Å². The Morgan fingerprint density at radius 1 is 1.24 bits per heavy atom. The third-order valence-electron chi connectivity index (χ3n) is 5.38. The molecule has 3 N–H and O–H groups in total. The van der Waals surface area contributed by atoms with E-state index < -0.39 is 5.91 Å². The van der Waals surface area contributed by atoms with Crippen LogP contribution in [0.25, 0.3) is 10.8 Å². The average Bonchev–Trinajstić information content (AvgIpc) is 3.24. The molecular weight excluding hydrogens is 368 g/mol. The normalized spacial score (nSPS) is 16.7. The summed E-state index contributed by atoms with van der Waals surface area (Å²) in [6.07, 6.45) is 2.71. The van der Waals surface area contributed by atoms with Gasteiger partial charge in [0.1, 0.15) is 11.4 Å². The summed E-state index contributed by atoms with van der Waals surface area (Å²) in [5.74, 6) is -0.0815. The maximum Gasteiger partial charge on any atom is 0.269 e. The van der Waals surface area contributed by atoms with E-state index in [1.807, 2.05) is 48.2 Å². The Balaban J connectivity index is 1.77. The molecule has 7 heteroatoms. The second-order valence-corrected chi connectivity index (χ2v) is 7.18. The lowest BCUT2D eigenvalue weighted by Gasteiger charge is -2.35. The lowest BCUT2D eigenvalue weighted by Crippen LogP contribution is -2.39. The van der Waals surface area contributed by atoms with Crippen molar-refractivity contribution in [3.63, 3.8) is 0 Å². The molecule has 1 fully saturated rings. The summed E-state index contributed by atoms with van der Waals surface area (Å²) in [5.41, 5.74) is 6.82. The molecule has 1 aromatic heterocycles. The molecule has 2 aromatic carbocycles. The number of nitrogens with one attached hydrogen (secondary N) is 1. The number of hydrogen-bond donors (Lipinski definition) is 2. The highest BCUT2D eigenvalue weighted by Crippen LogP contribution is 2.35. The molecule has 1 atom stereocenters. The minimum absolute atomic E-state index is 0.0785. The smallest absolute Gasteiger partial charge is 0.269 e. The van der Waals surface area contributed by atoms with E-state index in [1.54, 1.807) is 6.07 Å². The fraction of sp³-hybridized carbons (Fsp3) is 0.318. The van der Waals surface area contributed by atoms with Crippen LogP contribution in [0.4, 0.5) is 0 Å². The van der Waals surface area contributed by atoms with Crippen molar-refractivity contribution in [2.75, 3.05) is 13.2 Å². The van der Waals surface area contributed by atoms with Gasteiger partial charge in [-0.1, -0.05) is 30.3 Å². The van der Waals surface area contributed by atoms with E-state index in [9.17, 15) is 9.59 Å². The Hall–Kier alpha value is -3.35. The number of H-pyrrole nitrogens is 1. The lowest BCUT2D eigenvalue weighted by molar-refractivity contribution is 0.0604. The SMILES string of the molecule is CCOc1ccc2ccccc2c1C(=O)N1CCCCC1c1cc(C(N)=O)n[nH]1. The molecule has 0 spiro atoms. The topological polar surface area (TPSA) is 101 Å². The van der Waals surface area contributed by atoms with Gasteiger partial charge in [0.15, 0.2) is 0 Å². The van der Waals surface area contributed by atoms with Gasteiger partial charge in [-0.3, -0.25) is 14.7 Å². The van der Waals surface area contributed by atoms with E-state index in [1.165, 1.54) is 0 Å². The molecule has 1 saturated heterocycles. The molecule has 0 aliphatic carbocycles. The summed E-state index contributed by atoms with van der Waals surface area (Å²) in [6, 6.07) is 13.1. The average molecular weight is 392 g/mol. The van der Waals surface area contributed by atoms with Crippen LogP contribution < -0.4 is 10.5 Å². The summed E-state index contributed by atoms with van der Waals surface area (Å²) in [7, 11) is 0. The monoisotopic (exact) mass is 392 g/mol. The molecule has 4 rings (SSSR count). The molecule has 0 radical (unpaired) electrons. The van der Waals surface area contributed by atoms with Crippen LogP contribution >= 0.6 is 0 Å². The van der Waals surface area contributed by atoms with Crippen LogP contribution in [-0.2, 0) is 0 Å². The zero-order valence-corrected chi connectivity index (χ0v) is 16.4. The molecule has 29 heavy (non-hydrogen) atoms. The van der Waals surface area contributed by atoms with Gasteiger partial charge in [-0.2, -0.15) is 5.10 Å². The number of aromatic amines is 1. The Kier molecular flexibility index (Phi) is 5.20. The summed E-state index contributed by atoms with van der Waals surface area (Å²) in [5, 5.41) is 8.75. The first-order valence-corrected chi connectivity index (χ1v) is 9.90. The molecule has 0 saturated carbocycles.